The summed E-state index contributed by atoms with van der Waals surface area (Å²) < 4.78 is 26.9. The third-order valence-corrected chi connectivity index (χ3v) is 6.15. The van der Waals surface area contributed by atoms with Crippen molar-refractivity contribution in [3.63, 3.8) is 0 Å². The Morgan fingerprint density at radius 3 is 2.48 bits per heavy atom. The first-order valence-electron chi connectivity index (χ1n) is 6.93. The van der Waals surface area contributed by atoms with Crippen LogP contribution in [0.1, 0.15) is 12.8 Å². The number of halogens is 2. The molecule has 0 amide bonds. The van der Waals surface area contributed by atoms with Crippen LogP contribution in [0.3, 0.4) is 0 Å². The second-order valence-corrected chi connectivity index (χ2v) is 8.31. The van der Waals surface area contributed by atoms with Crippen LogP contribution in [0.15, 0.2) is 22.8 Å². The van der Waals surface area contributed by atoms with Gasteiger partial charge >= 0.3 is 0 Å². The number of unbranched alkanes of at least 4 members (excludes halogenated alkanes) is 1. The number of anilines is 1. The van der Waals surface area contributed by atoms with Crippen molar-refractivity contribution in [3.8, 4) is 0 Å². The number of piperazine rings is 1. The summed E-state index contributed by atoms with van der Waals surface area (Å²) in [6, 6.07) is 3.88. The van der Waals surface area contributed by atoms with Gasteiger partial charge in [0, 0.05) is 42.7 Å². The van der Waals surface area contributed by atoms with Gasteiger partial charge < -0.3 is 4.90 Å². The summed E-state index contributed by atoms with van der Waals surface area (Å²) in [5.41, 5.74) is 0. The molecule has 0 saturated carbocycles. The van der Waals surface area contributed by atoms with Crippen LogP contribution >= 0.6 is 27.5 Å². The number of rotatable bonds is 6. The van der Waals surface area contributed by atoms with Crippen LogP contribution in [0.2, 0.25) is 0 Å². The summed E-state index contributed by atoms with van der Waals surface area (Å²) in [6.45, 7) is 2.37. The van der Waals surface area contributed by atoms with Gasteiger partial charge in [-0.25, -0.2) is 13.4 Å². The van der Waals surface area contributed by atoms with Crippen molar-refractivity contribution in [1.29, 1.82) is 0 Å². The predicted octanol–water partition coefficient (Wildman–Crippen LogP) is 2.31. The fourth-order valence-corrected chi connectivity index (χ4v) is 4.23. The van der Waals surface area contributed by atoms with Crippen molar-refractivity contribution in [3.05, 3.63) is 22.8 Å². The summed E-state index contributed by atoms with van der Waals surface area (Å²) in [5.74, 6) is 1.59. The molecule has 5 nitrogen and oxygen atoms in total. The second-order valence-electron chi connectivity index (χ2n) is 4.93. The summed E-state index contributed by atoms with van der Waals surface area (Å²) in [5, 5.41) is 0. The molecule has 0 atom stereocenters. The third kappa shape index (κ3) is 4.81. The molecule has 1 aliphatic heterocycles. The molecule has 0 radical (unpaired) electrons. The van der Waals surface area contributed by atoms with Crippen molar-refractivity contribution in [2.75, 3.05) is 42.7 Å². The maximum absolute atomic E-state index is 12.2. The molecule has 2 rings (SSSR count). The lowest BCUT2D eigenvalue weighted by atomic mass is 10.3. The van der Waals surface area contributed by atoms with Gasteiger partial charge in [0.2, 0.25) is 10.0 Å². The zero-order valence-corrected chi connectivity index (χ0v) is 14.9. The molecule has 1 aliphatic rings. The lowest BCUT2D eigenvalue weighted by molar-refractivity contribution is 0.383. The molecule has 118 valence electrons. The van der Waals surface area contributed by atoms with Crippen LogP contribution in [-0.4, -0.2) is 55.5 Å². The van der Waals surface area contributed by atoms with Crippen LogP contribution in [-0.2, 0) is 10.0 Å². The van der Waals surface area contributed by atoms with E-state index < -0.39 is 10.0 Å². The zero-order chi connectivity index (χ0) is 15.3. The molecule has 8 heteroatoms. The summed E-state index contributed by atoms with van der Waals surface area (Å²) >= 11 is 8.95. The van der Waals surface area contributed by atoms with Crippen molar-refractivity contribution < 1.29 is 8.42 Å². The first kappa shape index (κ1) is 17.0. The van der Waals surface area contributed by atoms with Gasteiger partial charge in [0.1, 0.15) is 5.82 Å². The Bertz CT molecular complexity index is 545. The molecule has 0 bridgehead atoms. The monoisotopic (exact) mass is 395 g/mol. The van der Waals surface area contributed by atoms with E-state index in [9.17, 15) is 8.42 Å². The summed E-state index contributed by atoms with van der Waals surface area (Å²) in [6.07, 6.45) is 3.12. The van der Waals surface area contributed by atoms with E-state index in [1.54, 1.807) is 10.5 Å². The highest BCUT2D eigenvalue weighted by atomic mass is 79.9. The first-order valence-corrected chi connectivity index (χ1v) is 9.87. The van der Waals surface area contributed by atoms with E-state index in [-0.39, 0.29) is 5.75 Å². The van der Waals surface area contributed by atoms with E-state index in [1.165, 1.54) is 0 Å². The normalized spacial score (nSPS) is 17.1. The average molecular weight is 397 g/mol. The fourth-order valence-electron chi connectivity index (χ4n) is 2.26. The molecule has 2 heterocycles. The largest absolute Gasteiger partial charge is 0.354 e. The smallest absolute Gasteiger partial charge is 0.214 e. The number of sulfonamides is 1. The average Bonchev–Trinajstić information content (AvgIpc) is 2.48. The maximum Gasteiger partial charge on any atom is 0.214 e. The molecule has 1 fully saturated rings. The molecule has 1 aromatic rings. The van der Waals surface area contributed by atoms with Crippen LogP contribution < -0.4 is 4.90 Å². The molecule has 0 N–H and O–H groups in total. The number of hydrogen-bond donors (Lipinski definition) is 0. The van der Waals surface area contributed by atoms with Crippen molar-refractivity contribution in [2.24, 2.45) is 0 Å². The van der Waals surface area contributed by atoms with Gasteiger partial charge in [-0.15, -0.1) is 11.6 Å². The Morgan fingerprint density at radius 2 is 1.90 bits per heavy atom. The van der Waals surface area contributed by atoms with E-state index in [4.69, 9.17) is 11.6 Å². The van der Waals surface area contributed by atoms with Crippen molar-refractivity contribution in [2.45, 2.75) is 12.8 Å². The zero-order valence-electron chi connectivity index (χ0n) is 11.7. The lowest BCUT2D eigenvalue weighted by Crippen LogP contribution is -2.49. The highest BCUT2D eigenvalue weighted by Crippen LogP contribution is 2.18. The van der Waals surface area contributed by atoms with E-state index in [2.05, 4.69) is 25.8 Å². The number of aromatic nitrogens is 1. The molecule has 1 saturated heterocycles. The Balaban J connectivity index is 1.89. The molecular formula is C13H19BrClN3O2S. The van der Waals surface area contributed by atoms with Crippen LogP contribution in [0.5, 0.6) is 0 Å². The van der Waals surface area contributed by atoms with Crippen molar-refractivity contribution >= 4 is 43.4 Å². The standard InChI is InChI=1S/C13H19BrClN3O2S/c14-12-3-4-13(16-11-12)17-6-8-18(9-7-17)21(19,20)10-2-1-5-15/h3-4,11H,1-2,5-10H2. The summed E-state index contributed by atoms with van der Waals surface area (Å²) in [4.78, 5) is 6.45. The SMILES string of the molecule is O=S(=O)(CCCCCl)N1CCN(c2ccc(Br)cn2)CC1. The molecule has 0 spiro atoms. The van der Waals surface area contributed by atoms with Crippen LogP contribution in [0.4, 0.5) is 5.82 Å². The summed E-state index contributed by atoms with van der Waals surface area (Å²) in [7, 11) is -3.15. The minimum atomic E-state index is -3.15. The first-order chi connectivity index (χ1) is 10.0. The van der Waals surface area contributed by atoms with Gasteiger partial charge in [0.05, 0.1) is 5.75 Å². The number of hydrogen-bond acceptors (Lipinski definition) is 4. The topological polar surface area (TPSA) is 53.5 Å². The third-order valence-electron chi connectivity index (χ3n) is 3.45. The fraction of sp³-hybridized carbons (Fsp3) is 0.615. The molecular weight excluding hydrogens is 378 g/mol. The van der Waals surface area contributed by atoms with Gasteiger partial charge in [-0.3, -0.25) is 0 Å². The molecule has 21 heavy (non-hydrogen) atoms. The Hall–Kier alpha value is -0.370. The Labute approximate surface area is 139 Å². The minimum absolute atomic E-state index is 0.191. The Morgan fingerprint density at radius 1 is 1.19 bits per heavy atom. The molecule has 0 unspecified atom stereocenters. The number of pyridine rings is 1. The predicted molar refractivity (Wildman–Crippen MR) is 89.5 cm³/mol. The minimum Gasteiger partial charge on any atom is -0.354 e. The highest BCUT2D eigenvalue weighted by molar-refractivity contribution is 9.10. The van der Waals surface area contributed by atoms with E-state index in [1.807, 2.05) is 12.1 Å². The van der Waals surface area contributed by atoms with Crippen LogP contribution in [0.25, 0.3) is 0 Å². The van der Waals surface area contributed by atoms with E-state index in [0.29, 0.717) is 38.5 Å². The van der Waals surface area contributed by atoms with E-state index in [0.717, 1.165) is 16.7 Å². The lowest BCUT2D eigenvalue weighted by Gasteiger charge is -2.34. The Kier molecular flexibility index (Phi) is 6.28. The quantitative estimate of drug-likeness (QED) is 0.547. The van der Waals surface area contributed by atoms with Gasteiger partial charge in [-0.05, 0) is 40.9 Å². The molecule has 0 aromatic carbocycles. The van der Waals surface area contributed by atoms with Gasteiger partial charge in [0.15, 0.2) is 0 Å². The number of alkyl halides is 1. The van der Waals surface area contributed by atoms with Gasteiger partial charge in [-0.1, -0.05) is 0 Å². The molecule has 0 aliphatic carbocycles. The maximum atomic E-state index is 12.2. The highest BCUT2D eigenvalue weighted by Gasteiger charge is 2.26. The van der Waals surface area contributed by atoms with Crippen molar-refractivity contribution in [1.82, 2.24) is 9.29 Å². The molecule has 1 aromatic heterocycles. The van der Waals surface area contributed by atoms with Gasteiger partial charge in [-0.2, -0.15) is 4.31 Å². The number of nitrogens with zero attached hydrogens (tertiary/aromatic N) is 3. The van der Waals surface area contributed by atoms with Gasteiger partial charge in [0.25, 0.3) is 0 Å². The van der Waals surface area contributed by atoms with E-state index >= 15 is 0 Å². The van der Waals surface area contributed by atoms with Crippen LogP contribution in [0, 0.1) is 0 Å². The second kappa shape index (κ2) is 7.76.